The van der Waals surface area contributed by atoms with Gasteiger partial charge in [-0.25, -0.2) is 9.78 Å². The Bertz CT molecular complexity index is 1090. The van der Waals surface area contributed by atoms with Gasteiger partial charge < -0.3 is 16.4 Å². The van der Waals surface area contributed by atoms with Gasteiger partial charge in [0.05, 0.1) is 23.3 Å². The number of carbonyl (C=O) groups is 2. The van der Waals surface area contributed by atoms with Crippen molar-refractivity contribution in [2.45, 2.75) is 26.4 Å². The van der Waals surface area contributed by atoms with E-state index in [9.17, 15) is 14.4 Å². The number of nitrogens with one attached hydrogen (secondary N) is 2. The molecule has 0 radical (unpaired) electrons. The van der Waals surface area contributed by atoms with Crippen molar-refractivity contribution in [3.8, 4) is 0 Å². The molecule has 0 aliphatic rings. The highest BCUT2D eigenvalue weighted by Crippen LogP contribution is 2.16. The summed E-state index contributed by atoms with van der Waals surface area (Å²) in [6.07, 6.45) is 1.40. The summed E-state index contributed by atoms with van der Waals surface area (Å²) >= 11 is 0. The van der Waals surface area contributed by atoms with Gasteiger partial charge in [-0.05, 0) is 43.2 Å². The van der Waals surface area contributed by atoms with Gasteiger partial charge in [0.1, 0.15) is 6.54 Å². The summed E-state index contributed by atoms with van der Waals surface area (Å²) in [6, 6.07) is 11.4. The van der Waals surface area contributed by atoms with E-state index < -0.39 is 6.03 Å². The molecular formula is C20H21N5O3. The van der Waals surface area contributed by atoms with Gasteiger partial charge in [0.15, 0.2) is 0 Å². The van der Waals surface area contributed by atoms with E-state index in [-0.39, 0.29) is 24.1 Å². The molecule has 0 aliphatic heterocycles. The molecule has 28 heavy (non-hydrogen) atoms. The highest BCUT2D eigenvalue weighted by molar-refractivity contribution is 5.87. The van der Waals surface area contributed by atoms with Gasteiger partial charge in [-0.2, -0.15) is 0 Å². The summed E-state index contributed by atoms with van der Waals surface area (Å²) in [5, 5.41) is 5.82. The molecule has 0 spiro atoms. The molecule has 0 aliphatic carbocycles. The molecule has 8 nitrogen and oxygen atoms in total. The molecule has 1 heterocycles. The molecule has 0 saturated heterocycles. The lowest BCUT2D eigenvalue weighted by Gasteiger charge is -2.15. The normalized spacial score (nSPS) is 11.8. The molecule has 3 aromatic rings. The standard InChI is InChI=1S/C20H21N5O3/c1-12-4-3-5-16-18(12)22-11-25(19(16)27)10-17(26)23-13(2)14-6-8-15(9-7-14)24-20(21)28/h3-9,11,13H,10H2,1-2H3,(H,23,26)(H3,21,24,28). The number of hydrogen-bond acceptors (Lipinski definition) is 4. The van der Waals surface area contributed by atoms with E-state index in [2.05, 4.69) is 15.6 Å². The summed E-state index contributed by atoms with van der Waals surface area (Å²) in [7, 11) is 0. The molecule has 0 fully saturated rings. The van der Waals surface area contributed by atoms with Crippen molar-refractivity contribution >= 4 is 28.5 Å². The molecule has 144 valence electrons. The molecule has 0 saturated carbocycles. The van der Waals surface area contributed by atoms with E-state index in [1.165, 1.54) is 10.9 Å². The Morgan fingerprint density at radius 2 is 1.89 bits per heavy atom. The summed E-state index contributed by atoms with van der Waals surface area (Å²) in [5.74, 6) is -0.303. The fourth-order valence-corrected chi connectivity index (χ4v) is 2.97. The number of aryl methyl sites for hydroxylation is 1. The zero-order chi connectivity index (χ0) is 20.3. The second kappa shape index (κ2) is 7.91. The largest absolute Gasteiger partial charge is 0.351 e. The third-order valence-corrected chi connectivity index (χ3v) is 4.42. The van der Waals surface area contributed by atoms with Gasteiger partial charge >= 0.3 is 6.03 Å². The summed E-state index contributed by atoms with van der Waals surface area (Å²) < 4.78 is 1.30. The summed E-state index contributed by atoms with van der Waals surface area (Å²) in [5.41, 5.74) is 7.80. The van der Waals surface area contributed by atoms with E-state index in [1.807, 2.05) is 19.9 Å². The number of para-hydroxylation sites is 1. The van der Waals surface area contributed by atoms with Gasteiger partial charge in [-0.1, -0.05) is 24.3 Å². The van der Waals surface area contributed by atoms with Crippen LogP contribution in [0.3, 0.4) is 0 Å². The van der Waals surface area contributed by atoms with Crippen LogP contribution in [-0.2, 0) is 11.3 Å². The molecule has 3 rings (SSSR count). The number of anilines is 1. The number of benzene rings is 2. The maximum absolute atomic E-state index is 12.6. The van der Waals surface area contributed by atoms with Crippen molar-refractivity contribution in [3.05, 3.63) is 70.3 Å². The van der Waals surface area contributed by atoms with Crippen molar-refractivity contribution in [1.29, 1.82) is 0 Å². The molecule has 1 atom stereocenters. The number of amides is 3. The van der Waals surface area contributed by atoms with E-state index in [1.54, 1.807) is 36.4 Å². The maximum atomic E-state index is 12.6. The number of urea groups is 1. The van der Waals surface area contributed by atoms with Gasteiger partial charge in [0.2, 0.25) is 5.91 Å². The smallest absolute Gasteiger partial charge is 0.316 e. The van der Waals surface area contributed by atoms with Crippen molar-refractivity contribution in [2.24, 2.45) is 5.73 Å². The first-order chi connectivity index (χ1) is 13.3. The molecule has 8 heteroatoms. The number of hydrogen-bond donors (Lipinski definition) is 3. The summed E-state index contributed by atoms with van der Waals surface area (Å²) in [6.45, 7) is 3.60. The molecule has 1 unspecified atom stereocenters. The molecule has 0 bridgehead atoms. The Labute approximate surface area is 161 Å². The van der Waals surface area contributed by atoms with Crippen LogP contribution < -0.4 is 21.9 Å². The van der Waals surface area contributed by atoms with Crippen LogP contribution >= 0.6 is 0 Å². The predicted octanol–water partition coefficient (Wildman–Crippen LogP) is 2.07. The van der Waals surface area contributed by atoms with Crippen LogP contribution in [0.15, 0.2) is 53.6 Å². The van der Waals surface area contributed by atoms with Gasteiger partial charge in [-0.3, -0.25) is 14.2 Å². The lowest BCUT2D eigenvalue weighted by Crippen LogP contribution is -2.34. The Balaban J connectivity index is 1.70. The van der Waals surface area contributed by atoms with E-state index in [4.69, 9.17) is 5.73 Å². The zero-order valence-corrected chi connectivity index (χ0v) is 15.6. The second-order valence-corrected chi connectivity index (χ2v) is 6.55. The Morgan fingerprint density at radius 3 is 2.57 bits per heavy atom. The fourth-order valence-electron chi connectivity index (χ4n) is 2.97. The highest BCUT2D eigenvalue weighted by Gasteiger charge is 2.13. The van der Waals surface area contributed by atoms with Crippen LogP contribution in [0, 0.1) is 6.92 Å². The monoisotopic (exact) mass is 379 g/mol. The zero-order valence-electron chi connectivity index (χ0n) is 15.6. The van der Waals surface area contributed by atoms with Crippen molar-refractivity contribution in [1.82, 2.24) is 14.9 Å². The predicted molar refractivity (Wildman–Crippen MR) is 107 cm³/mol. The van der Waals surface area contributed by atoms with Gasteiger partial charge in [0.25, 0.3) is 5.56 Å². The Morgan fingerprint density at radius 1 is 1.18 bits per heavy atom. The number of primary amides is 1. The quantitative estimate of drug-likeness (QED) is 0.629. The first kappa shape index (κ1) is 19.1. The Kier molecular flexibility index (Phi) is 5.39. The first-order valence-electron chi connectivity index (χ1n) is 8.75. The van der Waals surface area contributed by atoms with Crippen LogP contribution in [0.4, 0.5) is 10.5 Å². The van der Waals surface area contributed by atoms with Crippen LogP contribution in [-0.4, -0.2) is 21.5 Å². The minimum absolute atomic E-state index is 0.124. The van der Waals surface area contributed by atoms with Crippen LogP contribution in [0.2, 0.25) is 0 Å². The van der Waals surface area contributed by atoms with E-state index in [0.29, 0.717) is 16.6 Å². The number of nitrogens with two attached hydrogens (primary N) is 1. The minimum Gasteiger partial charge on any atom is -0.351 e. The maximum Gasteiger partial charge on any atom is 0.316 e. The average molecular weight is 379 g/mol. The van der Waals surface area contributed by atoms with Gasteiger partial charge in [-0.15, -0.1) is 0 Å². The Hall–Kier alpha value is -3.68. The molecule has 4 N–H and O–H groups in total. The van der Waals surface area contributed by atoms with Gasteiger partial charge in [0, 0.05) is 5.69 Å². The number of carbonyl (C=O) groups excluding carboxylic acids is 2. The summed E-state index contributed by atoms with van der Waals surface area (Å²) in [4.78, 5) is 40.1. The van der Waals surface area contributed by atoms with Crippen LogP contribution in [0.25, 0.3) is 10.9 Å². The molecule has 1 aromatic heterocycles. The minimum atomic E-state index is -0.640. The lowest BCUT2D eigenvalue weighted by atomic mass is 10.1. The fraction of sp³-hybridized carbons (Fsp3) is 0.200. The highest BCUT2D eigenvalue weighted by atomic mass is 16.2. The van der Waals surface area contributed by atoms with Crippen molar-refractivity contribution in [3.63, 3.8) is 0 Å². The number of nitrogens with zero attached hydrogens (tertiary/aromatic N) is 2. The second-order valence-electron chi connectivity index (χ2n) is 6.55. The van der Waals surface area contributed by atoms with E-state index in [0.717, 1.165) is 11.1 Å². The van der Waals surface area contributed by atoms with E-state index >= 15 is 0 Å². The van der Waals surface area contributed by atoms with Crippen LogP contribution in [0.1, 0.15) is 24.1 Å². The average Bonchev–Trinajstić information content (AvgIpc) is 2.64. The molecule has 2 aromatic carbocycles. The third-order valence-electron chi connectivity index (χ3n) is 4.42. The number of fused-ring (bicyclic) bond motifs is 1. The topological polar surface area (TPSA) is 119 Å². The SMILES string of the molecule is Cc1cccc2c(=O)n(CC(=O)NC(C)c3ccc(NC(N)=O)cc3)cnc12. The van der Waals surface area contributed by atoms with Crippen molar-refractivity contribution < 1.29 is 9.59 Å². The lowest BCUT2D eigenvalue weighted by molar-refractivity contribution is -0.122. The van der Waals surface area contributed by atoms with Crippen molar-refractivity contribution in [2.75, 3.05) is 5.32 Å². The molecule has 3 amide bonds. The third kappa shape index (κ3) is 4.17. The molecular weight excluding hydrogens is 358 g/mol. The van der Waals surface area contributed by atoms with Crippen LogP contribution in [0.5, 0.6) is 0 Å². The first-order valence-corrected chi connectivity index (χ1v) is 8.75. The number of rotatable bonds is 5. The number of aromatic nitrogens is 2.